The summed E-state index contributed by atoms with van der Waals surface area (Å²) in [5, 5.41) is 3.75. The Hall–Kier alpha value is -0.610. The molecule has 1 aromatic carbocycles. The Balaban J connectivity index is 2.46. The standard InChI is InChI=1S/C9H5Br2NO/c10-7-3-1-2-6(4-7)8-5-9(11)12-13-8/h1-5H. The van der Waals surface area contributed by atoms with Crippen LogP contribution in [0.5, 0.6) is 0 Å². The molecular formula is C9H5Br2NO. The molecule has 66 valence electrons. The van der Waals surface area contributed by atoms with Crippen molar-refractivity contribution in [3.8, 4) is 11.3 Å². The minimum atomic E-state index is 0.711. The average Bonchev–Trinajstić information content (AvgIpc) is 2.52. The van der Waals surface area contributed by atoms with Crippen LogP contribution < -0.4 is 0 Å². The molecule has 0 saturated heterocycles. The zero-order valence-electron chi connectivity index (χ0n) is 6.50. The molecule has 2 rings (SSSR count). The number of benzene rings is 1. The predicted octanol–water partition coefficient (Wildman–Crippen LogP) is 3.87. The van der Waals surface area contributed by atoms with Crippen LogP contribution in [0.4, 0.5) is 0 Å². The van der Waals surface area contributed by atoms with Crippen LogP contribution in [0.3, 0.4) is 0 Å². The first-order valence-electron chi connectivity index (χ1n) is 3.64. The topological polar surface area (TPSA) is 26.0 Å². The first kappa shape index (κ1) is 8.97. The lowest BCUT2D eigenvalue weighted by atomic mass is 10.2. The van der Waals surface area contributed by atoms with Gasteiger partial charge in [-0.3, -0.25) is 0 Å². The summed E-state index contributed by atoms with van der Waals surface area (Å²) in [6, 6.07) is 9.71. The van der Waals surface area contributed by atoms with Gasteiger partial charge < -0.3 is 4.52 Å². The largest absolute Gasteiger partial charge is 0.355 e. The third-order valence-corrected chi connectivity index (χ3v) is 2.46. The Morgan fingerprint density at radius 2 is 2.00 bits per heavy atom. The predicted molar refractivity (Wildman–Crippen MR) is 57.3 cm³/mol. The zero-order chi connectivity index (χ0) is 9.26. The fraction of sp³-hybridized carbons (Fsp3) is 0. The van der Waals surface area contributed by atoms with E-state index in [1.165, 1.54) is 0 Å². The van der Waals surface area contributed by atoms with Gasteiger partial charge in [0.25, 0.3) is 0 Å². The van der Waals surface area contributed by atoms with Gasteiger partial charge in [0.05, 0.1) is 0 Å². The normalized spacial score (nSPS) is 10.3. The van der Waals surface area contributed by atoms with Crippen LogP contribution in [0.1, 0.15) is 0 Å². The summed E-state index contributed by atoms with van der Waals surface area (Å²) in [4.78, 5) is 0. The molecule has 4 heteroatoms. The summed E-state index contributed by atoms with van der Waals surface area (Å²) >= 11 is 6.62. The lowest BCUT2D eigenvalue weighted by Gasteiger charge is -1.94. The molecule has 1 heterocycles. The second-order valence-electron chi connectivity index (χ2n) is 2.52. The molecule has 0 aliphatic heterocycles. The molecule has 0 unspecified atom stereocenters. The van der Waals surface area contributed by atoms with Crippen molar-refractivity contribution < 1.29 is 4.52 Å². The van der Waals surface area contributed by atoms with Gasteiger partial charge in [-0.25, -0.2) is 0 Å². The van der Waals surface area contributed by atoms with E-state index in [1.54, 1.807) is 0 Å². The van der Waals surface area contributed by atoms with Crippen LogP contribution in [0.25, 0.3) is 11.3 Å². The molecule has 1 aromatic heterocycles. The summed E-state index contributed by atoms with van der Waals surface area (Å²) in [7, 11) is 0. The summed E-state index contributed by atoms with van der Waals surface area (Å²) in [5.74, 6) is 0.758. The van der Waals surface area contributed by atoms with E-state index < -0.39 is 0 Å². The summed E-state index contributed by atoms with van der Waals surface area (Å²) < 4.78 is 6.82. The van der Waals surface area contributed by atoms with Gasteiger partial charge in [0.1, 0.15) is 4.60 Å². The van der Waals surface area contributed by atoms with Crippen LogP contribution in [0.2, 0.25) is 0 Å². The minimum absolute atomic E-state index is 0.711. The zero-order valence-corrected chi connectivity index (χ0v) is 9.67. The van der Waals surface area contributed by atoms with Crippen molar-refractivity contribution in [1.29, 1.82) is 0 Å². The van der Waals surface area contributed by atoms with E-state index in [1.807, 2.05) is 30.3 Å². The molecule has 0 radical (unpaired) electrons. The van der Waals surface area contributed by atoms with E-state index in [-0.39, 0.29) is 0 Å². The van der Waals surface area contributed by atoms with Gasteiger partial charge in [0.15, 0.2) is 5.76 Å². The molecule has 2 aromatic rings. The van der Waals surface area contributed by atoms with Crippen LogP contribution in [-0.4, -0.2) is 5.16 Å². The second kappa shape index (κ2) is 3.64. The van der Waals surface area contributed by atoms with E-state index in [0.29, 0.717) is 4.60 Å². The number of aromatic nitrogens is 1. The molecule has 0 N–H and O–H groups in total. The van der Waals surface area contributed by atoms with E-state index in [4.69, 9.17) is 4.52 Å². The first-order valence-corrected chi connectivity index (χ1v) is 5.22. The Bertz CT molecular complexity index is 425. The molecule has 0 amide bonds. The summed E-state index contributed by atoms with van der Waals surface area (Å²) in [6.45, 7) is 0. The van der Waals surface area contributed by atoms with Crippen molar-refractivity contribution >= 4 is 31.9 Å². The minimum Gasteiger partial charge on any atom is -0.355 e. The van der Waals surface area contributed by atoms with Gasteiger partial charge >= 0.3 is 0 Å². The molecule has 0 aliphatic rings. The third kappa shape index (κ3) is 2.00. The third-order valence-electron chi connectivity index (χ3n) is 1.59. The van der Waals surface area contributed by atoms with Gasteiger partial charge in [-0.05, 0) is 28.1 Å². The van der Waals surface area contributed by atoms with Gasteiger partial charge in [0.2, 0.25) is 0 Å². The highest BCUT2D eigenvalue weighted by molar-refractivity contribution is 9.10. The number of halogens is 2. The molecule has 13 heavy (non-hydrogen) atoms. The van der Waals surface area contributed by atoms with Crippen molar-refractivity contribution in [2.75, 3.05) is 0 Å². The number of hydrogen-bond donors (Lipinski definition) is 0. The van der Waals surface area contributed by atoms with Crippen molar-refractivity contribution in [2.24, 2.45) is 0 Å². The van der Waals surface area contributed by atoms with E-state index >= 15 is 0 Å². The quantitative estimate of drug-likeness (QED) is 0.799. The Morgan fingerprint density at radius 3 is 2.62 bits per heavy atom. The van der Waals surface area contributed by atoms with Gasteiger partial charge in [-0.15, -0.1) is 0 Å². The molecule has 0 fully saturated rings. The Morgan fingerprint density at radius 1 is 1.15 bits per heavy atom. The molecular weight excluding hydrogens is 298 g/mol. The summed E-state index contributed by atoms with van der Waals surface area (Å²) in [6.07, 6.45) is 0. The Labute approximate surface area is 92.2 Å². The number of rotatable bonds is 1. The molecule has 0 aliphatic carbocycles. The van der Waals surface area contributed by atoms with Crippen molar-refractivity contribution in [3.63, 3.8) is 0 Å². The van der Waals surface area contributed by atoms with Crippen molar-refractivity contribution in [2.45, 2.75) is 0 Å². The van der Waals surface area contributed by atoms with E-state index in [9.17, 15) is 0 Å². The number of hydrogen-bond acceptors (Lipinski definition) is 2. The van der Waals surface area contributed by atoms with Crippen LogP contribution in [0, 0.1) is 0 Å². The smallest absolute Gasteiger partial charge is 0.168 e. The second-order valence-corrected chi connectivity index (χ2v) is 4.25. The van der Waals surface area contributed by atoms with Gasteiger partial charge in [-0.2, -0.15) is 0 Å². The highest BCUT2D eigenvalue weighted by Gasteiger charge is 2.04. The maximum Gasteiger partial charge on any atom is 0.168 e. The van der Waals surface area contributed by atoms with Gasteiger partial charge in [-0.1, -0.05) is 33.2 Å². The highest BCUT2D eigenvalue weighted by Crippen LogP contribution is 2.24. The van der Waals surface area contributed by atoms with Crippen molar-refractivity contribution in [3.05, 3.63) is 39.4 Å². The molecule has 0 bridgehead atoms. The first-order chi connectivity index (χ1) is 6.25. The number of nitrogens with zero attached hydrogens (tertiary/aromatic N) is 1. The lowest BCUT2D eigenvalue weighted by Crippen LogP contribution is -1.72. The molecule has 0 spiro atoms. The van der Waals surface area contributed by atoms with Crippen LogP contribution in [-0.2, 0) is 0 Å². The van der Waals surface area contributed by atoms with Crippen molar-refractivity contribution in [1.82, 2.24) is 5.16 Å². The Kier molecular flexibility index (Phi) is 2.51. The van der Waals surface area contributed by atoms with E-state index in [2.05, 4.69) is 37.0 Å². The molecule has 0 atom stereocenters. The maximum atomic E-state index is 5.09. The summed E-state index contributed by atoms with van der Waals surface area (Å²) in [5.41, 5.74) is 1.01. The van der Waals surface area contributed by atoms with Gasteiger partial charge in [0, 0.05) is 16.1 Å². The van der Waals surface area contributed by atoms with Crippen LogP contribution in [0.15, 0.2) is 43.9 Å². The average molecular weight is 303 g/mol. The molecule has 2 nitrogen and oxygen atoms in total. The van der Waals surface area contributed by atoms with Crippen LogP contribution >= 0.6 is 31.9 Å². The fourth-order valence-corrected chi connectivity index (χ4v) is 1.71. The highest BCUT2D eigenvalue weighted by atomic mass is 79.9. The fourth-order valence-electron chi connectivity index (χ4n) is 1.03. The molecule has 0 saturated carbocycles. The SMILES string of the molecule is Brc1cccc(-c2cc(Br)no2)c1. The maximum absolute atomic E-state index is 5.09. The lowest BCUT2D eigenvalue weighted by molar-refractivity contribution is 0.428. The van der Waals surface area contributed by atoms with E-state index in [0.717, 1.165) is 15.8 Å². The monoisotopic (exact) mass is 301 g/mol.